The van der Waals surface area contributed by atoms with Gasteiger partial charge in [0.05, 0.1) is 6.04 Å². The highest BCUT2D eigenvalue weighted by Gasteiger charge is 2.29. The van der Waals surface area contributed by atoms with Crippen molar-refractivity contribution < 1.29 is 29.4 Å². The molecule has 214 valence electrons. The minimum Gasteiger partial charge on any atom is -0.508 e. The Morgan fingerprint density at radius 3 is 2.15 bits per heavy atom. The van der Waals surface area contributed by atoms with Crippen molar-refractivity contribution in [3.8, 4) is 5.75 Å². The predicted molar refractivity (Wildman–Crippen MR) is 150 cm³/mol. The lowest BCUT2D eigenvalue weighted by molar-refractivity contribution is -0.142. The number of benzene rings is 2. The van der Waals surface area contributed by atoms with Crippen LogP contribution < -0.4 is 21.7 Å². The van der Waals surface area contributed by atoms with Crippen molar-refractivity contribution in [1.29, 1.82) is 0 Å². The van der Waals surface area contributed by atoms with Crippen LogP contribution in [0, 0.1) is 5.92 Å². The molecule has 3 aromatic rings. The van der Waals surface area contributed by atoms with Crippen LogP contribution in [0.1, 0.15) is 38.3 Å². The third kappa shape index (κ3) is 8.31. The average molecular weight is 552 g/mol. The summed E-state index contributed by atoms with van der Waals surface area (Å²) in [5, 5.41) is 27.7. The summed E-state index contributed by atoms with van der Waals surface area (Å²) in [6, 6.07) is 9.32. The van der Waals surface area contributed by atoms with Gasteiger partial charge in [-0.25, -0.2) is 4.79 Å². The molecule has 4 unspecified atom stereocenters. The molecule has 0 fully saturated rings. The van der Waals surface area contributed by atoms with Crippen LogP contribution in [0.2, 0.25) is 0 Å². The molecule has 0 aliphatic rings. The number of hydrogen-bond acceptors (Lipinski definition) is 6. The molecule has 1 aromatic heterocycles. The van der Waals surface area contributed by atoms with E-state index in [1.54, 1.807) is 18.3 Å². The SMILES string of the molecule is CC(C)CC(N)C(=O)NC(Cc1c[nH]c2ccccc12)C(=O)NC(C)C(=O)NC(Cc1ccc(O)cc1)C(=O)O. The molecule has 3 rings (SSSR count). The van der Waals surface area contributed by atoms with E-state index in [9.17, 15) is 29.4 Å². The van der Waals surface area contributed by atoms with E-state index in [0.717, 1.165) is 16.5 Å². The Labute approximate surface area is 232 Å². The van der Waals surface area contributed by atoms with Gasteiger partial charge in [-0.15, -0.1) is 0 Å². The smallest absolute Gasteiger partial charge is 0.326 e. The highest BCUT2D eigenvalue weighted by molar-refractivity contribution is 5.94. The Hall–Kier alpha value is -4.38. The number of aliphatic carboxylic acids is 1. The van der Waals surface area contributed by atoms with E-state index in [0.29, 0.717) is 12.0 Å². The van der Waals surface area contributed by atoms with Gasteiger partial charge in [-0.3, -0.25) is 14.4 Å². The zero-order valence-electron chi connectivity index (χ0n) is 22.8. The molecule has 0 bridgehead atoms. The summed E-state index contributed by atoms with van der Waals surface area (Å²) in [6.07, 6.45) is 2.32. The number of nitrogens with two attached hydrogens (primary N) is 1. The molecule has 40 heavy (non-hydrogen) atoms. The number of phenolic OH excluding ortho intramolecular Hbond substituents is 1. The summed E-state index contributed by atoms with van der Waals surface area (Å²) in [5.41, 5.74) is 8.32. The first-order chi connectivity index (χ1) is 18.9. The third-order valence-corrected chi connectivity index (χ3v) is 6.54. The van der Waals surface area contributed by atoms with Crippen molar-refractivity contribution >= 4 is 34.6 Å². The van der Waals surface area contributed by atoms with Crippen molar-refractivity contribution in [3.05, 3.63) is 65.9 Å². The van der Waals surface area contributed by atoms with E-state index in [-0.39, 0.29) is 24.5 Å². The van der Waals surface area contributed by atoms with Crippen molar-refractivity contribution in [2.24, 2.45) is 11.7 Å². The van der Waals surface area contributed by atoms with Crippen molar-refractivity contribution in [1.82, 2.24) is 20.9 Å². The number of hydrogen-bond donors (Lipinski definition) is 7. The Bertz CT molecular complexity index is 1340. The zero-order chi connectivity index (χ0) is 29.4. The molecule has 11 heteroatoms. The number of rotatable bonds is 13. The molecule has 1 heterocycles. The van der Waals surface area contributed by atoms with Crippen molar-refractivity contribution in [3.63, 3.8) is 0 Å². The second kappa shape index (κ2) is 13.6. The number of aromatic hydroxyl groups is 1. The number of H-pyrrole nitrogens is 1. The first kappa shape index (κ1) is 30.2. The van der Waals surface area contributed by atoms with Crippen LogP contribution in [-0.2, 0) is 32.0 Å². The largest absolute Gasteiger partial charge is 0.508 e. The van der Waals surface area contributed by atoms with E-state index in [4.69, 9.17) is 5.73 Å². The topological polar surface area (TPSA) is 187 Å². The number of carboxylic acids is 1. The van der Waals surface area contributed by atoms with Crippen LogP contribution in [0.4, 0.5) is 0 Å². The number of fused-ring (bicyclic) bond motifs is 1. The summed E-state index contributed by atoms with van der Waals surface area (Å²) in [7, 11) is 0. The molecule has 0 saturated heterocycles. The highest BCUT2D eigenvalue weighted by Crippen LogP contribution is 2.19. The fourth-order valence-electron chi connectivity index (χ4n) is 4.37. The number of aromatic nitrogens is 1. The maximum absolute atomic E-state index is 13.3. The first-order valence-electron chi connectivity index (χ1n) is 13.2. The van der Waals surface area contributed by atoms with Crippen LogP contribution in [0.3, 0.4) is 0 Å². The maximum atomic E-state index is 13.3. The quantitative estimate of drug-likeness (QED) is 0.168. The number of nitrogens with one attached hydrogen (secondary N) is 4. The van der Waals surface area contributed by atoms with Crippen LogP contribution in [0.25, 0.3) is 10.9 Å². The van der Waals surface area contributed by atoms with Gasteiger partial charge in [-0.1, -0.05) is 44.2 Å². The minimum atomic E-state index is -1.26. The summed E-state index contributed by atoms with van der Waals surface area (Å²) >= 11 is 0. The number of phenols is 1. The van der Waals surface area contributed by atoms with Crippen molar-refractivity contribution in [2.45, 2.75) is 64.2 Å². The highest BCUT2D eigenvalue weighted by atomic mass is 16.4. The molecule has 0 saturated carbocycles. The summed E-state index contributed by atoms with van der Waals surface area (Å²) < 4.78 is 0. The van der Waals surface area contributed by atoms with E-state index in [1.165, 1.54) is 19.1 Å². The zero-order valence-corrected chi connectivity index (χ0v) is 22.8. The minimum absolute atomic E-state index is 0.0188. The Balaban J connectivity index is 1.72. The summed E-state index contributed by atoms with van der Waals surface area (Å²) in [4.78, 5) is 54.0. The van der Waals surface area contributed by atoms with Crippen LogP contribution >= 0.6 is 0 Å². The van der Waals surface area contributed by atoms with Gasteiger partial charge in [0.15, 0.2) is 0 Å². The molecule has 4 atom stereocenters. The fourth-order valence-corrected chi connectivity index (χ4v) is 4.37. The standard InChI is InChI=1S/C29H37N5O6/c1-16(2)12-22(30)27(37)33-24(14-19-15-31-23-7-5-4-6-21(19)23)28(38)32-17(3)26(36)34-25(29(39)40)13-18-8-10-20(35)11-9-18/h4-11,15-17,22,24-25,31,35H,12-14,30H2,1-3H3,(H,32,38)(H,33,37)(H,34,36)(H,39,40). The molecule has 11 nitrogen and oxygen atoms in total. The molecule has 2 aromatic carbocycles. The Morgan fingerprint density at radius 1 is 0.850 bits per heavy atom. The molecule has 0 aliphatic heterocycles. The van der Waals surface area contributed by atoms with Gasteiger partial charge in [0.25, 0.3) is 0 Å². The fraction of sp³-hybridized carbons (Fsp3) is 0.379. The Kier molecular flexibility index (Phi) is 10.3. The lowest BCUT2D eigenvalue weighted by Gasteiger charge is -2.24. The van der Waals surface area contributed by atoms with Gasteiger partial charge in [0.2, 0.25) is 17.7 Å². The van der Waals surface area contributed by atoms with Gasteiger partial charge >= 0.3 is 5.97 Å². The van der Waals surface area contributed by atoms with Gasteiger partial charge in [0, 0.05) is 29.9 Å². The van der Waals surface area contributed by atoms with E-state index in [2.05, 4.69) is 20.9 Å². The monoisotopic (exact) mass is 551 g/mol. The van der Waals surface area contributed by atoms with E-state index >= 15 is 0 Å². The molecule has 0 radical (unpaired) electrons. The van der Waals surface area contributed by atoms with Crippen LogP contribution in [0.15, 0.2) is 54.7 Å². The number of carbonyl (C=O) groups excluding carboxylic acids is 3. The summed E-state index contributed by atoms with van der Waals surface area (Å²) in [5.74, 6) is -2.82. The number of amides is 3. The molecular formula is C29H37N5O6. The lowest BCUT2D eigenvalue weighted by atomic mass is 10.0. The lowest BCUT2D eigenvalue weighted by Crippen LogP contribution is -2.57. The number of para-hydroxylation sites is 1. The van der Waals surface area contributed by atoms with Crippen molar-refractivity contribution in [2.75, 3.05) is 0 Å². The number of carbonyl (C=O) groups is 4. The van der Waals surface area contributed by atoms with Gasteiger partial charge in [-0.2, -0.15) is 0 Å². The normalized spacial score (nSPS) is 14.2. The molecule has 0 spiro atoms. The maximum Gasteiger partial charge on any atom is 0.326 e. The second-order valence-electron chi connectivity index (χ2n) is 10.4. The van der Waals surface area contributed by atoms with E-state index in [1.807, 2.05) is 38.1 Å². The molecule has 3 amide bonds. The van der Waals surface area contributed by atoms with Crippen LogP contribution in [-0.4, -0.2) is 63.1 Å². The van der Waals surface area contributed by atoms with Crippen LogP contribution in [0.5, 0.6) is 5.75 Å². The summed E-state index contributed by atoms with van der Waals surface area (Å²) in [6.45, 7) is 5.31. The number of aromatic amines is 1. The molecular weight excluding hydrogens is 514 g/mol. The second-order valence-corrected chi connectivity index (χ2v) is 10.4. The Morgan fingerprint density at radius 2 is 1.50 bits per heavy atom. The van der Waals surface area contributed by atoms with Gasteiger partial charge < -0.3 is 36.9 Å². The van der Waals surface area contributed by atoms with E-state index < -0.39 is 47.9 Å². The third-order valence-electron chi connectivity index (χ3n) is 6.54. The average Bonchev–Trinajstić information content (AvgIpc) is 3.31. The van der Waals surface area contributed by atoms with Gasteiger partial charge in [-0.05, 0) is 48.6 Å². The first-order valence-corrected chi connectivity index (χ1v) is 13.2. The predicted octanol–water partition coefficient (Wildman–Crippen LogP) is 1.59. The van der Waals surface area contributed by atoms with Gasteiger partial charge in [0.1, 0.15) is 23.9 Å². The number of carboxylic acid groups (broad SMARTS) is 1. The molecule has 8 N–H and O–H groups in total. The molecule has 0 aliphatic carbocycles.